The van der Waals surface area contributed by atoms with Gasteiger partial charge in [-0.25, -0.2) is 0 Å². The molecule has 0 aromatic heterocycles. The van der Waals surface area contributed by atoms with Gasteiger partial charge in [0.25, 0.3) is 10.1 Å². The van der Waals surface area contributed by atoms with E-state index in [1.165, 1.54) is 0 Å². The molecule has 1 aromatic rings. The third-order valence-corrected chi connectivity index (χ3v) is 3.90. The molecule has 0 aliphatic heterocycles. The lowest BCUT2D eigenvalue weighted by atomic mass is 10.1. The number of aryl methyl sites for hydroxylation is 2. The molecule has 0 aliphatic rings. The van der Waals surface area contributed by atoms with E-state index in [9.17, 15) is 8.42 Å². The van der Waals surface area contributed by atoms with Crippen molar-refractivity contribution < 1.29 is 13.0 Å². The lowest BCUT2D eigenvalue weighted by Gasteiger charge is -2.18. The van der Waals surface area contributed by atoms with Crippen LogP contribution in [0.4, 0.5) is 11.4 Å². The molecule has 18 heavy (non-hydrogen) atoms. The molecule has 4 N–H and O–H groups in total. The number of benzene rings is 1. The molecule has 6 heteroatoms. The van der Waals surface area contributed by atoms with Crippen LogP contribution in [0.5, 0.6) is 0 Å². The molecule has 1 unspecified atom stereocenters. The quantitative estimate of drug-likeness (QED) is 0.565. The fourth-order valence-electron chi connectivity index (χ4n) is 1.80. The summed E-state index contributed by atoms with van der Waals surface area (Å²) in [5.74, 6) is 0. The second kappa shape index (κ2) is 5.58. The van der Waals surface area contributed by atoms with Crippen LogP contribution in [0, 0.1) is 13.8 Å². The van der Waals surface area contributed by atoms with Gasteiger partial charge in [0.2, 0.25) is 0 Å². The Morgan fingerprint density at radius 3 is 2.22 bits per heavy atom. The summed E-state index contributed by atoms with van der Waals surface area (Å²) >= 11 is 0. The molecule has 0 fully saturated rings. The highest BCUT2D eigenvalue weighted by Gasteiger charge is 2.21. The number of hydrogen-bond acceptors (Lipinski definition) is 4. The van der Waals surface area contributed by atoms with Crippen LogP contribution in [0.25, 0.3) is 0 Å². The van der Waals surface area contributed by atoms with Crippen LogP contribution in [-0.2, 0) is 10.1 Å². The molecule has 1 rings (SSSR count). The van der Waals surface area contributed by atoms with Gasteiger partial charge in [-0.2, -0.15) is 8.42 Å². The second-order valence-corrected chi connectivity index (χ2v) is 6.06. The van der Waals surface area contributed by atoms with Gasteiger partial charge in [-0.1, -0.05) is 13.3 Å². The second-order valence-electron chi connectivity index (χ2n) is 4.46. The van der Waals surface area contributed by atoms with E-state index < -0.39 is 15.5 Å². The minimum atomic E-state index is -4.10. The molecule has 1 atom stereocenters. The molecule has 102 valence electrons. The Balaban J connectivity index is 3.02. The molecular weight excluding hydrogens is 252 g/mol. The van der Waals surface area contributed by atoms with Gasteiger partial charge in [0, 0.05) is 11.4 Å². The SMILES string of the molecule is CCCC(Nc1cc(C)c(N)c(C)c1)S(=O)(=O)O. The van der Waals surface area contributed by atoms with E-state index in [0.717, 1.165) is 11.1 Å². The molecule has 0 amide bonds. The standard InChI is InChI=1S/C12H20N2O3S/c1-4-5-11(18(15,16)17)14-10-6-8(2)12(13)9(3)7-10/h6-7,11,14H,4-5,13H2,1-3H3,(H,15,16,17). The first kappa shape index (κ1) is 14.8. The fourth-order valence-corrected chi connectivity index (χ4v) is 2.62. The molecule has 1 aromatic carbocycles. The van der Waals surface area contributed by atoms with Crippen molar-refractivity contribution in [2.24, 2.45) is 0 Å². The van der Waals surface area contributed by atoms with Crippen molar-refractivity contribution in [2.45, 2.75) is 39.0 Å². The van der Waals surface area contributed by atoms with Crippen molar-refractivity contribution >= 4 is 21.5 Å². The van der Waals surface area contributed by atoms with Crippen molar-refractivity contribution in [2.75, 3.05) is 11.1 Å². The number of nitrogen functional groups attached to an aromatic ring is 1. The predicted octanol–water partition coefficient (Wildman–Crippen LogP) is 2.31. The van der Waals surface area contributed by atoms with E-state index in [-0.39, 0.29) is 0 Å². The number of nitrogens with two attached hydrogens (primary N) is 1. The minimum absolute atomic E-state index is 0.349. The van der Waals surface area contributed by atoms with E-state index in [0.29, 0.717) is 24.2 Å². The van der Waals surface area contributed by atoms with Crippen LogP contribution in [0.15, 0.2) is 12.1 Å². The monoisotopic (exact) mass is 272 g/mol. The molecule has 0 heterocycles. The van der Waals surface area contributed by atoms with E-state index >= 15 is 0 Å². The molecule has 0 aliphatic carbocycles. The maximum atomic E-state index is 11.2. The highest BCUT2D eigenvalue weighted by atomic mass is 32.2. The normalized spacial score (nSPS) is 13.3. The average Bonchev–Trinajstić information content (AvgIpc) is 2.24. The smallest absolute Gasteiger partial charge is 0.286 e. The van der Waals surface area contributed by atoms with Crippen LogP contribution < -0.4 is 11.1 Å². The van der Waals surface area contributed by atoms with Crippen LogP contribution in [-0.4, -0.2) is 18.3 Å². The zero-order chi connectivity index (χ0) is 13.9. The number of nitrogens with one attached hydrogen (secondary N) is 1. The maximum absolute atomic E-state index is 11.2. The molecule has 0 saturated heterocycles. The van der Waals surface area contributed by atoms with Crippen LogP contribution in [0.3, 0.4) is 0 Å². The summed E-state index contributed by atoms with van der Waals surface area (Å²) in [5, 5.41) is 1.85. The lowest BCUT2D eigenvalue weighted by molar-refractivity contribution is 0.467. The Labute approximate surface area is 108 Å². The van der Waals surface area contributed by atoms with Gasteiger partial charge in [-0.3, -0.25) is 4.55 Å². The summed E-state index contributed by atoms with van der Waals surface area (Å²) in [7, 11) is -4.10. The maximum Gasteiger partial charge on any atom is 0.286 e. The first-order chi connectivity index (χ1) is 8.25. The highest BCUT2D eigenvalue weighted by Crippen LogP contribution is 2.23. The molecule has 0 spiro atoms. The Hall–Kier alpha value is -1.27. The number of anilines is 2. The van der Waals surface area contributed by atoms with Crippen molar-refractivity contribution in [1.29, 1.82) is 0 Å². The first-order valence-electron chi connectivity index (χ1n) is 5.85. The average molecular weight is 272 g/mol. The van der Waals surface area contributed by atoms with Crippen molar-refractivity contribution in [1.82, 2.24) is 0 Å². The summed E-state index contributed by atoms with van der Waals surface area (Å²) in [5.41, 5.74) is 8.93. The summed E-state index contributed by atoms with van der Waals surface area (Å²) in [6.45, 7) is 5.57. The molecule has 0 saturated carbocycles. The topological polar surface area (TPSA) is 92.4 Å². The van der Waals surface area contributed by atoms with Gasteiger partial charge < -0.3 is 11.1 Å². The Kier molecular flexibility index (Phi) is 4.59. The van der Waals surface area contributed by atoms with Gasteiger partial charge in [-0.15, -0.1) is 0 Å². The highest BCUT2D eigenvalue weighted by molar-refractivity contribution is 7.86. The van der Waals surface area contributed by atoms with Gasteiger partial charge in [0.1, 0.15) is 0 Å². The van der Waals surface area contributed by atoms with E-state index in [4.69, 9.17) is 10.3 Å². The van der Waals surface area contributed by atoms with E-state index in [2.05, 4.69) is 5.32 Å². The zero-order valence-corrected chi connectivity index (χ0v) is 11.7. The van der Waals surface area contributed by atoms with Crippen LogP contribution in [0.1, 0.15) is 30.9 Å². The van der Waals surface area contributed by atoms with Gasteiger partial charge in [0.05, 0.1) is 0 Å². The molecule has 0 radical (unpaired) electrons. The summed E-state index contributed by atoms with van der Waals surface area (Å²) < 4.78 is 31.6. The fraction of sp³-hybridized carbons (Fsp3) is 0.500. The summed E-state index contributed by atoms with van der Waals surface area (Å²) in [6, 6.07) is 3.55. The van der Waals surface area contributed by atoms with Crippen molar-refractivity contribution in [3.63, 3.8) is 0 Å². The lowest BCUT2D eigenvalue weighted by Crippen LogP contribution is -2.29. The molecule has 5 nitrogen and oxygen atoms in total. The Bertz CT molecular complexity index is 503. The third kappa shape index (κ3) is 3.61. The molecular formula is C12H20N2O3S. The summed E-state index contributed by atoms with van der Waals surface area (Å²) in [6.07, 6.45) is 1.01. The number of rotatable bonds is 5. The molecule has 0 bridgehead atoms. The van der Waals surface area contributed by atoms with E-state index in [1.54, 1.807) is 12.1 Å². The predicted molar refractivity (Wildman–Crippen MR) is 74.2 cm³/mol. The van der Waals surface area contributed by atoms with Gasteiger partial charge in [0.15, 0.2) is 5.37 Å². The van der Waals surface area contributed by atoms with Crippen LogP contribution in [0.2, 0.25) is 0 Å². The third-order valence-electron chi connectivity index (χ3n) is 2.83. The zero-order valence-electron chi connectivity index (χ0n) is 10.9. The largest absolute Gasteiger partial charge is 0.398 e. The first-order valence-corrected chi connectivity index (χ1v) is 7.35. The summed E-state index contributed by atoms with van der Waals surface area (Å²) in [4.78, 5) is 0. The van der Waals surface area contributed by atoms with Crippen molar-refractivity contribution in [3.8, 4) is 0 Å². The van der Waals surface area contributed by atoms with Crippen molar-refractivity contribution in [3.05, 3.63) is 23.3 Å². The van der Waals surface area contributed by atoms with Gasteiger partial charge in [-0.05, 0) is 43.5 Å². The van der Waals surface area contributed by atoms with Gasteiger partial charge >= 0.3 is 0 Å². The van der Waals surface area contributed by atoms with Crippen LogP contribution >= 0.6 is 0 Å². The Morgan fingerprint density at radius 1 is 1.33 bits per heavy atom. The Morgan fingerprint density at radius 2 is 1.83 bits per heavy atom. The minimum Gasteiger partial charge on any atom is -0.398 e. The number of hydrogen-bond donors (Lipinski definition) is 3. The van der Waals surface area contributed by atoms with E-state index in [1.807, 2.05) is 20.8 Å².